The largest absolute Gasteiger partial charge is 0.485 e. The fraction of sp³-hybridized carbons (Fsp3) is 0.391. The van der Waals surface area contributed by atoms with E-state index in [2.05, 4.69) is 31.3 Å². The summed E-state index contributed by atoms with van der Waals surface area (Å²) in [6, 6.07) is 15.1. The van der Waals surface area contributed by atoms with Gasteiger partial charge in [-0.25, -0.2) is 4.79 Å². The highest BCUT2D eigenvalue weighted by Crippen LogP contribution is 2.31. The normalized spacial score (nSPS) is 16.2. The Morgan fingerprint density at radius 3 is 2.45 bits per heavy atom. The molecule has 0 unspecified atom stereocenters. The van der Waals surface area contributed by atoms with E-state index in [0.717, 1.165) is 12.0 Å². The van der Waals surface area contributed by atoms with E-state index in [4.69, 9.17) is 14.2 Å². The highest BCUT2D eigenvalue weighted by Gasteiger charge is 2.29. The summed E-state index contributed by atoms with van der Waals surface area (Å²) in [6.07, 6.45) is 0.137. The van der Waals surface area contributed by atoms with Gasteiger partial charge in [0.25, 0.3) is 5.91 Å². The van der Waals surface area contributed by atoms with Crippen molar-refractivity contribution in [2.45, 2.75) is 39.3 Å². The molecule has 0 spiro atoms. The highest BCUT2D eigenvalue weighted by molar-refractivity contribution is 5.82. The lowest BCUT2D eigenvalue weighted by Crippen LogP contribution is -2.40. The van der Waals surface area contributed by atoms with Crippen molar-refractivity contribution < 1.29 is 23.8 Å². The maximum absolute atomic E-state index is 12.2. The molecular formula is C23H27NO5. The Balaban J connectivity index is 1.45. The van der Waals surface area contributed by atoms with Crippen LogP contribution in [0.4, 0.5) is 0 Å². The van der Waals surface area contributed by atoms with Gasteiger partial charge in [0, 0.05) is 0 Å². The minimum atomic E-state index is -0.886. The average Bonchev–Trinajstić information content (AvgIpc) is 2.71. The molecule has 2 aromatic rings. The van der Waals surface area contributed by atoms with Gasteiger partial charge in [-0.1, -0.05) is 50.2 Å². The van der Waals surface area contributed by atoms with Crippen LogP contribution in [0.25, 0.3) is 0 Å². The van der Waals surface area contributed by atoms with Crippen molar-refractivity contribution in [3.8, 4) is 11.5 Å². The summed E-state index contributed by atoms with van der Waals surface area (Å²) < 4.78 is 16.2. The van der Waals surface area contributed by atoms with Crippen molar-refractivity contribution in [2.24, 2.45) is 5.92 Å². The van der Waals surface area contributed by atoms with E-state index in [-0.39, 0.29) is 25.2 Å². The Hall–Kier alpha value is -3.02. The molecule has 0 aliphatic carbocycles. The first-order valence-corrected chi connectivity index (χ1v) is 9.85. The number of esters is 1. The number of carbonyl (C=O) groups excluding carboxylic acids is 2. The Morgan fingerprint density at radius 1 is 1.07 bits per heavy atom. The molecule has 1 N–H and O–H groups in total. The third-order valence-corrected chi connectivity index (χ3v) is 4.62. The highest BCUT2D eigenvalue weighted by atomic mass is 16.6. The van der Waals surface area contributed by atoms with Gasteiger partial charge in [-0.2, -0.15) is 0 Å². The number of rotatable bonds is 7. The minimum Gasteiger partial charge on any atom is -0.485 e. The Bertz CT molecular complexity index is 847. The SMILES string of the molecule is CC(C)Cc1ccc([C@@H](C)NC(=O)COC(=O)[C@@H]2COc3ccccc3O2)cc1. The zero-order valence-electron chi connectivity index (χ0n) is 17.0. The lowest BCUT2D eigenvalue weighted by Gasteiger charge is -2.25. The van der Waals surface area contributed by atoms with Crippen molar-refractivity contribution in [1.29, 1.82) is 0 Å². The number of hydrogen-bond donors (Lipinski definition) is 1. The average molecular weight is 397 g/mol. The summed E-state index contributed by atoms with van der Waals surface area (Å²) in [4.78, 5) is 24.4. The summed E-state index contributed by atoms with van der Waals surface area (Å²) in [5.74, 6) is 0.677. The molecular weight excluding hydrogens is 370 g/mol. The number of nitrogens with one attached hydrogen (secondary N) is 1. The summed E-state index contributed by atoms with van der Waals surface area (Å²) in [5, 5.41) is 2.84. The van der Waals surface area contributed by atoms with E-state index >= 15 is 0 Å². The zero-order chi connectivity index (χ0) is 20.8. The van der Waals surface area contributed by atoms with E-state index in [1.54, 1.807) is 18.2 Å². The Labute approximate surface area is 171 Å². The zero-order valence-corrected chi connectivity index (χ0v) is 17.0. The van der Waals surface area contributed by atoms with E-state index in [1.165, 1.54) is 5.56 Å². The van der Waals surface area contributed by atoms with Crippen molar-refractivity contribution in [3.63, 3.8) is 0 Å². The van der Waals surface area contributed by atoms with Crippen LogP contribution in [0.3, 0.4) is 0 Å². The molecule has 1 aliphatic heterocycles. The molecule has 0 saturated carbocycles. The van der Waals surface area contributed by atoms with Crippen LogP contribution in [0.2, 0.25) is 0 Å². The fourth-order valence-corrected chi connectivity index (χ4v) is 3.15. The van der Waals surface area contributed by atoms with Gasteiger partial charge in [-0.05, 0) is 42.5 Å². The molecule has 29 heavy (non-hydrogen) atoms. The van der Waals surface area contributed by atoms with Crippen LogP contribution < -0.4 is 14.8 Å². The summed E-state index contributed by atoms with van der Waals surface area (Å²) in [5.41, 5.74) is 2.27. The van der Waals surface area contributed by atoms with Crippen molar-refractivity contribution in [1.82, 2.24) is 5.32 Å². The molecule has 0 radical (unpaired) electrons. The number of fused-ring (bicyclic) bond motifs is 1. The van der Waals surface area contributed by atoms with E-state index in [9.17, 15) is 9.59 Å². The molecule has 1 aliphatic rings. The summed E-state index contributed by atoms with van der Waals surface area (Å²) >= 11 is 0. The molecule has 2 aromatic carbocycles. The van der Waals surface area contributed by atoms with Gasteiger partial charge >= 0.3 is 5.97 Å². The maximum Gasteiger partial charge on any atom is 0.351 e. The van der Waals surface area contributed by atoms with Gasteiger partial charge < -0.3 is 19.5 Å². The predicted molar refractivity (Wildman–Crippen MR) is 109 cm³/mol. The molecule has 0 bridgehead atoms. The molecule has 154 valence electrons. The first-order chi connectivity index (χ1) is 13.9. The maximum atomic E-state index is 12.2. The molecule has 6 heteroatoms. The first kappa shape index (κ1) is 20.7. The summed E-state index contributed by atoms with van der Waals surface area (Å²) in [6.45, 7) is 5.95. The van der Waals surface area contributed by atoms with Crippen LogP contribution in [-0.2, 0) is 20.7 Å². The second-order valence-electron chi connectivity index (χ2n) is 7.60. The predicted octanol–water partition coefficient (Wildman–Crippen LogP) is 3.45. The Morgan fingerprint density at radius 2 is 1.76 bits per heavy atom. The smallest absolute Gasteiger partial charge is 0.351 e. The van der Waals surface area contributed by atoms with Crippen LogP contribution in [-0.4, -0.2) is 31.2 Å². The third kappa shape index (κ3) is 5.73. The summed E-state index contributed by atoms with van der Waals surface area (Å²) in [7, 11) is 0. The monoisotopic (exact) mass is 397 g/mol. The number of carbonyl (C=O) groups is 2. The fourth-order valence-electron chi connectivity index (χ4n) is 3.15. The van der Waals surface area contributed by atoms with Crippen molar-refractivity contribution in [3.05, 3.63) is 59.7 Å². The molecule has 3 rings (SSSR count). The van der Waals surface area contributed by atoms with Gasteiger partial charge in [0.2, 0.25) is 6.10 Å². The second-order valence-corrected chi connectivity index (χ2v) is 7.60. The van der Waals surface area contributed by atoms with Gasteiger partial charge in [-0.15, -0.1) is 0 Å². The lowest BCUT2D eigenvalue weighted by atomic mass is 10.00. The van der Waals surface area contributed by atoms with Crippen LogP contribution in [0.1, 0.15) is 37.9 Å². The van der Waals surface area contributed by atoms with Crippen LogP contribution in [0, 0.1) is 5.92 Å². The molecule has 1 heterocycles. The lowest BCUT2D eigenvalue weighted by molar-refractivity contribution is -0.157. The van der Waals surface area contributed by atoms with Crippen LogP contribution in [0.15, 0.2) is 48.5 Å². The van der Waals surface area contributed by atoms with Crippen LogP contribution >= 0.6 is 0 Å². The van der Waals surface area contributed by atoms with Gasteiger partial charge in [0.1, 0.15) is 6.61 Å². The second kappa shape index (κ2) is 9.45. The number of para-hydroxylation sites is 2. The molecule has 0 fully saturated rings. The Kier molecular flexibility index (Phi) is 6.75. The van der Waals surface area contributed by atoms with Crippen molar-refractivity contribution in [2.75, 3.05) is 13.2 Å². The number of hydrogen-bond acceptors (Lipinski definition) is 5. The topological polar surface area (TPSA) is 73.9 Å². The number of ether oxygens (including phenoxy) is 3. The third-order valence-electron chi connectivity index (χ3n) is 4.62. The number of amides is 1. The molecule has 6 nitrogen and oxygen atoms in total. The van der Waals surface area contributed by atoms with Gasteiger partial charge in [0.15, 0.2) is 18.1 Å². The molecule has 2 atom stereocenters. The molecule has 0 aromatic heterocycles. The van der Waals surface area contributed by atoms with E-state index < -0.39 is 12.1 Å². The van der Waals surface area contributed by atoms with E-state index in [1.807, 2.05) is 25.1 Å². The quantitative estimate of drug-likeness (QED) is 0.725. The van der Waals surface area contributed by atoms with Crippen LogP contribution in [0.5, 0.6) is 11.5 Å². The molecule has 0 saturated heterocycles. The van der Waals surface area contributed by atoms with E-state index in [0.29, 0.717) is 17.4 Å². The minimum absolute atomic E-state index is 0.0522. The van der Waals surface area contributed by atoms with Gasteiger partial charge in [0.05, 0.1) is 6.04 Å². The first-order valence-electron chi connectivity index (χ1n) is 9.85. The standard InChI is InChI=1S/C23H27NO5/c1-15(2)12-17-8-10-18(11-9-17)16(3)24-22(25)14-28-23(26)21-13-27-19-6-4-5-7-20(19)29-21/h4-11,15-16,21H,12-14H2,1-3H3,(H,24,25)/t16-,21+/m1/s1. The molecule has 1 amide bonds. The number of benzene rings is 2. The van der Waals surface area contributed by atoms with Gasteiger partial charge in [-0.3, -0.25) is 4.79 Å². The van der Waals surface area contributed by atoms with Crippen molar-refractivity contribution >= 4 is 11.9 Å².